The molecule has 0 atom stereocenters. The number of carbonyl (C=O) groups excluding carboxylic acids is 1. The summed E-state index contributed by atoms with van der Waals surface area (Å²) in [5.41, 5.74) is 3.05. The van der Waals surface area contributed by atoms with Gasteiger partial charge in [0.15, 0.2) is 0 Å². The lowest BCUT2D eigenvalue weighted by atomic mass is 10.2. The molecule has 0 unspecified atom stereocenters. The predicted octanol–water partition coefficient (Wildman–Crippen LogP) is 3.38. The van der Waals surface area contributed by atoms with Gasteiger partial charge in [-0.25, -0.2) is 0 Å². The molecule has 0 bridgehead atoms. The Kier molecular flexibility index (Phi) is 3.95. The van der Waals surface area contributed by atoms with Crippen LogP contribution in [0.3, 0.4) is 0 Å². The zero-order valence-corrected chi connectivity index (χ0v) is 10.7. The SMILES string of the molecule is Cc1cccnc1C(=O)Nc1ccc(CCl)cc1. The Bertz CT molecular complexity index is 552. The number of aryl methyl sites for hydroxylation is 1. The van der Waals surface area contributed by atoms with Crippen LogP contribution < -0.4 is 5.32 Å². The molecule has 4 heteroatoms. The molecule has 0 fully saturated rings. The van der Waals surface area contributed by atoms with Crippen molar-refractivity contribution in [3.05, 3.63) is 59.4 Å². The number of nitrogens with one attached hydrogen (secondary N) is 1. The Labute approximate surface area is 111 Å². The van der Waals surface area contributed by atoms with Crippen LogP contribution in [0.15, 0.2) is 42.6 Å². The Balaban J connectivity index is 2.14. The van der Waals surface area contributed by atoms with Crippen molar-refractivity contribution in [3.8, 4) is 0 Å². The quantitative estimate of drug-likeness (QED) is 0.860. The fourth-order valence-corrected chi connectivity index (χ4v) is 1.77. The highest BCUT2D eigenvalue weighted by molar-refractivity contribution is 6.17. The third-order valence-corrected chi connectivity index (χ3v) is 2.90. The van der Waals surface area contributed by atoms with Gasteiger partial charge in [-0.1, -0.05) is 18.2 Å². The number of carbonyl (C=O) groups is 1. The minimum Gasteiger partial charge on any atom is -0.321 e. The average molecular weight is 261 g/mol. The van der Waals surface area contributed by atoms with Gasteiger partial charge < -0.3 is 5.32 Å². The number of pyridine rings is 1. The van der Waals surface area contributed by atoms with Crippen LogP contribution in [0.2, 0.25) is 0 Å². The van der Waals surface area contributed by atoms with Crippen LogP contribution in [-0.4, -0.2) is 10.9 Å². The van der Waals surface area contributed by atoms with Crippen LogP contribution in [0, 0.1) is 6.92 Å². The summed E-state index contributed by atoms with van der Waals surface area (Å²) < 4.78 is 0. The second-order valence-electron chi connectivity index (χ2n) is 3.95. The lowest BCUT2D eigenvalue weighted by Gasteiger charge is -2.07. The van der Waals surface area contributed by atoms with Crippen molar-refractivity contribution in [2.24, 2.45) is 0 Å². The van der Waals surface area contributed by atoms with Gasteiger partial charge in [-0.3, -0.25) is 9.78 Å². The summed E-state index contributed by atoms with van der Waals surface area (Å²) in [6, 6.07) is 11.1. The molecule has 0 radical (unpaired) electrons. The van der Waals surface area contributed by atoms with Crippen LogP contribution >= 0.6 is 11.6 Å². The number of amides is 1. The standard InChI is InChI=1S/C14H13ClN2O/c1-10-3-2-8-16-13(10)14(18)17-12-6-4-11(9-15)5-7-12/h2-8H,9H2,1H3,(H,17,18). The summed E-state index contributed by atoms with van der Waals surface area (Å²) in [5.74, 6) is 0.264. The van der Waals surface area contributed by atoms with Crippen molar-refractivity contribution in [1.82, 2.24) is 4.98 Å². The molecule has 0 aliphatic carbocycles. The summed E-state index contributed by atoms with van der Waals surface area (Å²) in [6.07, 6.45) is 1.61. The molecule has 1 aromatic heterocycles. The molecular weight excluding hydrogens is 248 g/mol. The topological polar surface area (TPSA) is 42.0 Å². The van der Waals surface area contributed by atoms with Gasteiger partial charge in [0.05, 0.1) is 0 Å². The fourth-order valence-electron chi connectivity index (χ4n) is 1.59. The normalized spacial score (nSPS) is 10.1. The Morgan fingerprint density at radius 1 is 1.28 bits per heavy atom. The maximum atomic E-state index is 12.0. The van der Waals surface area contributed by atoms with E-state index in [2.05, 4.69) is 10.3 Å². The molecule has 2 rings (SSSR count). The number of benzene rings is 1. The number of alkyl halides is 1. The first-order valence-electron chi connectivity index (χ1n) is 5.58. The third-order valence-electron chi connectivity index (χ3n) is 2.59. The van der Waals surface area contributed by atoms with Gasteiger partial charge in [-0.15, -0.1) is 11.6 Å². The van der Waals surface area contributed by atoms with E-state index in [0.29, 0.717) is 11.6 Å². The van der Waals surface area contributed by atoms with Crippen molar-refractivity contribution in [2.75, 3.05) is 5.32 Å². The van der Waals surface area contributed by atoms with Gasteiger partial charge in [0.1, 0.15) is 5.69 Å². The molecule has 0 spiro atoms. The number of rotatable bonds is 3. The smallest absolute Gasteiger partial charge is 0.274 e. The van der Waals surface area contributed by atoms with Crippen molar-refractivity contribution in [3.63, 3.8) is 0 Å². The van der Waals surface area contributed by atoms with Crippen molar-refractivity contribution in [2.45, 2.75) is 12.8 Å². The average Bonchev–Trinajstić information content (AvgIpc) is 2.40. The van der Waals surface area contributed by atoms with E-state index in [1.807, 2.05) is 37.3 Å². The molecular formula is C14H13ClN2O. The molecule has 1 aromatic carbocycles. The summed E-state index contributed by atoms with van der Waals surface area (Å²) in [6.45, 7) is 1.86. The second-order valence-corrected chi connectivity index (χ2v) is 4.22. The number of hydrogen-bond donors (Lipinski definition) is 1. The van der Waals surface area contributed by atoms with Crippen LogP contribution in [0.25, 0.3) is 0 Å². The van der Waals surface area contributed by atoms with Crippen LogP contribution in [0.5, 0.6) is 0 Å². The highest BCUT2D eigenvalue weighted by atomic mass is 35.5. The second kappa shape index (κ2) is 5.65. The minimum absolute atomic E-state index is 0.202. The lowest BCUT2D eigenvalue weighted by molar-refractivity contribution is 0.102. The highest BCUT2D eigenvalue weighted by Crippen LogP contribution is 2.13. The molecule has 92 valence electrons. The Morgan fingerprint density at radius 3 is 2.61 bits per heavy atom. The third kappa shape index (κ3) is 2.87. The molecule has 0 saturated heterocycles. The van der Waals surface area contributed by atoms with E-state index < -0.39 is 0 Å². The van der Waals surface area contributed by atoms with E-state index in [4.69, 9.17) is 11.6 Å². The Hall–Kier alpha value is -1.87. The molecule has 1 N–H and O–H groups in total. The molecule has 0 aliphatic rings. The number of hydrogen-bond acceptors (Lipinski definition) is 2. The summed E-state index contributed by atoms with van der Waals surface area (Å²) in [4.78, 5) is 16.1. The number of nitrogens with zero attached hydrogens (tertiary/aromatic N) is 1. The number of anilines is 1. The molecule has 0 aliphatic heterocycles. The molecule has 2 aromatic rings. The maximum absolute atomic E-state index is 12.0. The fraction of sp³-hybridized carbons (Fsp3) is 0.143. The first-order valence-corrected chi connectivity index (χ1v) is 6.12. The van der Waals surface area contributed by atoms with Crippen molar-refractivity contribution in [1.29, 1.82) is 0 Å². The zero-order chi connectivity index (χ0) is 13.0. The van der Waals surface area contributed by atoms with E-state index >= 15 is 0 Å². The Morgan fingerprint density at radius 2 is 2.00 bits per heavy atom. The summed E-state index contributed by atoms with van der Waals surface area (Å²) in [7, 11) is 0. The minimum atomic E-state index is -0.202. The predicted molar refractivity (Wildman–Crippen MR) is 72.9 cm³/mol. The van der Waals surface area contributed by atoms with Gasteiger partial charge in [0, 0.05) is 17.8 Å². The monoisotopic (exact) mass is 260 g/mol. The van der Waals surface area contributed by atoms with Crippen LogP contribution in [0.4, 0.5) is 5.69 Å². The van der Waals surface area contributed by atoms with Gasteiger partial charge in [0.2, 0.25) is 0 Å². The van der Waals surface area contributed by atoms with Gasteiger partial charge >= 0.3 is 0 Å². The van der Waals surface area contributed by atoms with E-state index in [0.717, 1.165) is 16.8 Å². The van der Waals surface area contributed by atoms with Crippen molar-refractivity contribution < 1.29 is 4.79 Å². The molecule has 0 saturated carbocycles. The van der Waals surface area contributed by atoms with Gasteiger partial charge in [-0.2, -0.15) is 0 Å². The molecule has 3 nitrogen and oxygen atoms in total. The van der Waals surface area contributed by atoms with E-state index in [9.17, 15) is 4.79 Å². The molecule has 1 amide bonds. The maximum Gasteiger partial charge on any atom is 0.274 e. The zero-order valence-electron chi connectivity index (χ0n) is 9.98. The van der Waals surface area contributed by atoms with Gasteiger partial charge in [-0.05, 0) is 36.2 Å². The first kappa shape index (κ1) is 12.6. The lowest BCUT2D eigenvalue weighted by Crippen LogP contribution is -2.14. The van der Waals surface area contributed by atoms with Crippen LogP contribution in [-0.2, 0) is 5.88 Å². The highest BCUT2D eigenvalue weighted by Gasteiger charge is 2.09. The molecule has 1 heterocycles. The summed E-state index contributed by atoms with van der Waals surface area (Å²) in [5, 5.41) is 2.81. The summed E-state index contributed by atoms with van der Waals surface area (Å²) >= 11 is 5.70. The van der Waals surface area contributed by atoms with Crippen molar-refractivity contribution >= 4 is 23.2 Å². The largest absolute Gasteiger partial charge is 0.321 e. The van der Waals surface area contributed by atoms with Crippen LogP contribution in [0.1, 0.15) is 21.6 Å². The van der Waals surface area contributed by atoms with E-state index in [1.165, 1.54) is 0 Å². The molecule has 18 heavy (non-hydrogen) atoms. The van der Waals surface area contributed by atoms with E-state index in [1.54, 1.807) is 12.3 Å². The van der Waals surface area contributed by atoms with E-state index in [-0.39, 0.29) is 5.91 Å². The number of aromatic nitrogens is 1. The number of halogens is 1. The first-order chi connectivity index (χ1) is 8.70. The van der Waals surface area contributed by atoms with Gasteiger partial charge in [0.25, 0.3) is 5.91 Å².